The Kier molecular flexibility index (Phi) is 9.66. The van der Waals surface area contributed by atoms with Crippen molar-refractivity contribution in [2.24, 2.45) is 5.92 Å². The zero-order valence-electron chi connectivity index (χ0n) is 20.1. The van der Waals surface area contributed by atoms with Gasteiger partial charge in [-0.05, 0) is 32.3 Å². The molecule has 0 radical (unpaired) electrons. The Bertz CT molecular complexity index is 1010. The highest BCUT2D eigenvalue weighted by atomic mass is 16.5. The fraction of sp³-hybridized carbons (Fsp3) is 0.480. The maximum Gasteiger partial charge on any atom is 0.259 e. The van der Waals surface area contributed by atoms with Gasteiger partial charge in [0.15, 0.2) is 0 Å². The number of pyridine rings is 1. The minimum atomic E-state index is -0.623. The van der Waals surface area contributed by atoms with Crippen molar-refractivity contribution in [3.63, 3.8) is 0 Å². The molecule has 8 nitrogen and oxygen atoms in total. The number of aromatic nitrogens is 1. The van der Waals surface area contributed by atoms with Gasteiger partial charge in [-0.15, -0.1) is 0 Å². The molecule has 8 heteroatoms. The molecule has 0 spiro atoms. The van der Waals surface area contributed by atoms with E-state index in [9.17, 15) is 19.5 Å². The Balaban J connectivity index is 2.53. The number of nitrogens with one attached hydrogen (secondary N) is 1. The van der Waals surface area contributed by atoms with E-state index < -0.39 is 17.2 Å². The monoisotopic (exact) mass is 457 g/mol. The van der Waals surface area contributed by atoms with Crippen LogP contribution in [0.4, 0.5) is 0 Å². The number of ether oxygens (including phenoxy) is 1. The van der Waals surface area contributed by atoms with E-state index in [2.05, 4.69) is 5.32 Å². The average molecular weight is 458 g/mol. The van der Waals surface area contributed by atoms with Crippen LogP contribution in [0.15, 0.2) is 41.5 Å². The van der Waals surface area contributed by atoms with Gasteiger partial charge in [0.25, 0.3) is 11.8 Å². The molecule has 180 valence electrons. The quantitative estimate of drug-likeness (QED) is 0.540. The van der Waals surface area contributed by atoms with Gasteiger partial charge in [0.05, 0.1) is 20.3 Å². The fourth-order valence-corrected chi connectivity index (χ4v) is 3.49. The van der Waals surface area contributed by atoms with E-state index in [1.54, 1.807) is 11.7 Å². The first kappa shape index (κ1) is 26.1. The topological polar surface area (TPSA) is 101 Å². The number of rotatable bonds is 11. The van der Waals surface area contributed by atoms with Crippen LogP contribution in [0.3, 0.4) is 0 Å². The molecule has 1 aromatic carbocycles. The lowest BCUT2D eigenvalue weighted by Crippen LogP contribution is -2.42. The number of para-hydroxylation sites is 1. The summed E-state index contributed by atoms with van der Waals surface area (Å²) >= 11 is 0. The maximum atomic E-state index is 13.2. The lowest BCUT2D eigenvalue weighted by atomic mass is 10.1. The number of carbonyl (C=O) groups excluding carboxylic acids is 2. The molecule has 1 aromatic heterocycles. The molecule has 0 saturated heterocycles. The lowest BCUT2D eigenvalue weighted by molar-refractivity contribution is 0.0663. The van der Waals surface area contributed by atoms with E-state index in [1.807, 2.05) is 52.0 Å². The second-order valence-corrected chi connectivity index (χ2v) is 8.65. The van der Waals surface area contributed by atoms with E-state index >= 15 is 0 Å². The highest BCUT2D eigenvalue weighted by Gasteiger charge is 2.25. The number of hydrogen-bond donors (Lipinski definition) is 2. The molecule has 0 bridgehead atoms. The highest BCUT2D eigenvalue weighted by Crippen LogP contribution is 2.19. The highest BCUT2D eigenvalue weighted by molar-refractivity contribution is 5.99. The second kappa shape index (κ2) is 12.2. The van der Waals surface area contributed by atoms with Gasteiger partial charge in [-0.1, -0.05) is 32.0 Å². The van der Waals surface area contributed by atoms with Crippen LogP contribution in [0.5, 0.6) is 5.75 Å². The van der Waals surface area contributed by atoms with Gasteiger partial charge in [-0.25, -0.2) is 0 Å². The van der Waals surface area contributed by atoms with E-state index in [-0.39, 0.29) is 30.3 Å². The normalized spacial score (nSPS) is 11.0. The first-order valence-corrected chi connectivity index (χ1v) is 11.3. The number of aliphatic hydroxyl groups is 1. The summed E-state index contributed by atoms with van der Waals surface area (Å²) in [4.78, 5) is 40.7. The third-order valence-corrected chi connectivity index (χ3v) is 5.33. The molecule has 0 aliphatic heterocycles. The molecule has 0 aliphatic rings. The Hall–Kier alpha value is -3.13. The Morgan fingerprint density at radius 1 is 1.12 bits per heavy atom. The number of amides is 2. The van der Waals surface area contributed by atoms with Crippen LogP contribution in [-0.2, 0) is 6.54 Å². The summed E-state index contributed by atoms with van der Waals surface area (Å²) < 4.78 is 7.07. The number of aliphatic hydroxyl groups excluding tert-OH is 1. The van der Waals surface area contributed by atoms with Crippen LogP contribution < -0.4 is 15.5 Å². The SMILES string of the molecule is COc1ccccc1Cn1cc(C(=O)NCCC(C)C)c(=O)c(C(=O)N(CCO)C(C)C)c1. The molecular weight excluding hydrogens is 422 g/mol. The number of benzene rings is 1. The number of methoxy groups -OCH3 is 1. The van der Waals surface area contributed by atoms with E-state index in [1.165, 1.54) is 17.3 Å². The smallest absolute Gasteiger partial charge is 0.259 e. The molecule has 0 unspecified atom stereocenters. The van der Waals surface area contributed by atoms with Gasteiger partial charge in [0, 0.05) is 37.1 Å². The minimum absolute atomic E-state index is 0.0905. The van der Waals surface area contributed by atoms with Gasteiger partial charge < -0.3 is 24.6 Å². The van der Waals surface area contributed by atoms with Gasteiger partial charge in [0.1, 0.15) is 16.9 Å². The number of carbonyl (C=O) groups is 2. The molecule has 2 amide bonds. The van der Waals surface area contributed by atoms with E-state index in [4.69, 9.17) is 4.74 Å². The first-order chi connectivity index (χ1) is 15.7. The summed E-state index contributed by atoms with van der Waals surface area (Å²) in [5.74, 6) is 0.0339. The van der Waals surface area contributed by atoms with Crippen LogP contribution in [0, 0.1) is 5.92 Å². The maximum absolute atomic E-state index is 13.2. The molecule has 0 atom stereocenters. The molecule has 2 aromatic rings. The van der Waals surface area contributed by atoms with Gasteiger partial charge >= 0.3 is 0 Å². The summed E-state index contributed by atoms with van der Waals surface area (Å²) in [6, 6.07) is 7.20. The third-order valence-electron chi connectivity index (χ3n) is 5.33. The van der Waals surface area contributed by atoms with Crippen LogP contribution in [0.1, 0.15) is 60.4 Å². The molecule has 1 heterocycles. The third kappa shape index (κ3) is 6.92. The van der Waals surface area contributed by atoms with Gasteiger partial charge in [0.2, 0.25) is 5.43 Å². The summed E-state index contributed by atoms with van der Waals surface area (Å²) in [5.41, 5.74) is 0.0157. The fourth-order valence-electron chi connectivity index (χ4n) is 3.49. The molecule has 0 aliphatic carbocycles. The van der Waals surface area contributed by atoms with Crippen molar-refractivity contribution in [1.82, 2.24) is 14.8 Å². The zero-order chi connectivity index (χ0) is 24.5. The summed E-state index contributed by atoms with van der Waals surface area (Å²) in [7, 11) is 1.57. The average Bonchev–Trinajstić information content (AvgIpc) is 2.77. The predicted molar refractivity (Wildman–Crippen MR) is 128 cm³/mol. The van der Waals surface area contributed by atoms with Crippen molar-refractivity contribution in [1.29, 1.82) is 0 Å². The summed E-state index contributed by atoms with van der Waals surface area (Å²) in [6.45, 7) is 8.32. The Morgan fingerprint density at radius 2 is 1.79 bits per heavy atom. The van der Waals surface area contributed by atoms with Crippen molar-refractivity contribution in [2.75, 3.05) is 26.8 Å². The van der Waals surface area contributed by atoms with Gasteiger partial charge in [-0.2, -0.15) is 0 Å². The number of hydrogen-bond acceptors (Lipinski definition) is 5. The summed E-state index contributed by atoms with van der Waals surface area (Å²) in [5, 5.41) is 12.2. The van der Waals surface area contributed by atoms with Crippen molar-refractivity contribution in [2.45, 2.75) is 46.7 Å². The molecule has 0 fully saturated rings. The van der Waals surface area contributed by atoms with E-state index in [0.29, 0.717) is 24.8 Å². The standard InChI is InChI=1S/C25H35N3O5/c1-17(2)10-11-26-24(31)20-15-27(14-19-8-6-7-9-22(19)33-5)16-21(23(20)30)25(32)28(12-13-29)18(3)4/h6-9,15-18,29H,10-14H2,1-5H3,(H,26,31). The Morgan fingerprint density at radius 3 is 2.39 bits per heavy atom. The van der Waals surface area contributed by atoms with E-state index in [0.717, 1.165) is 12.0 Å². The van der Waals surface area contributed by atoms with Crippen molar-refractivity contribution >= 4 is 11.8 Å². The first-order valence-electron chi connectivity index (χ1n) is 11.3. The molecule has 2 N–H and O–H groups in total. The van der Waals surface area contributed by atoms with Crippen molar-refractivity contribution < 1.29 is 19.4 Å². The summed E-state index contributed by atoms with van der Waals surface area (Å²) in [6.07, 6.45) is 3.72. The zero-order valence-corrected chi connectivity index (χ0v) is 20.1. The molecule has 33 heavy (non-hydrogen) atoms. The van der Waals surface area contributed by atoms with Crippen LogP contribution in [0.25, 0.3) is 0 Å². The Labute approximate surface area is 195 Å². The van der Waals surface area contributed by atoms with Crippen LogP contribution >= 0.6 is 0 Å². The predicted octanol–water partition coefficient (Wildman–Crippen LogP) is 2.52. The lowest BCUT2D eigenvalue weighted by Gasteiger charge is -2.26. The second-order valence-electron chi connectivity index (χ2n) is 8.65. The molecular formula is C25H35N3O5. The molecule has 0 saturated carbocycles. The van der Waals surface area contributed by atoms with Crippen LogP contribution in [0.2, 0.25) is 0 Å². The number of nitrogens with zero attached hydrogens (tertiary/aromatic N) is 2. The van der Waals surface area contributed by atoms with Crippen molar-refractivity contribution in [3.8, 4) is 5.75 Å². The van der Waals surface area contributed by atoms with Gasteiger partial charge in [-0.3, -0.25) is 14.4 Å². The minimum Gasteiger partial charge on any atom is -0.496 e. The molecule has 2 rings (SSSR count). The largest absolute Gasteiger partial charge is 0.496 e. The van der Waals surface area contributed by atoms with Crippen LogP contribution in [-0.4, -0.2) is 59.2 Å². The van der Waals surface area contributed by atoms with Crippen molar-refractivity contribution in [3.05, 3.63) is 63.6 Å².